The van der Waals surface area contributed by atoms with Crippen LogP contribution in [0.4, 0.5) is 4.39 Å². The van der Waals surface area contributed by atoms with Crippen LogP contribution in [0.25, 0.3) is 5.65 Å². The van der Waals surface area contributed by atoms with E-state index in [0.29, 0.717) is 22.2 Å². The van der Waals surface area contributed by atoms with Gasteiger partial charge >= 0.3 is 0 Å². The molecule has 2 heterocycles. The van der Waals surface area contributed by atoms with Crippen molar-refractivity contribution in [3.05, 3.63) is 59.3 Å². The molecule has 0 aliphatic heterocycles. The third-order valence-corrected chi connectivity index (χ3v) is 2.84. The molecule has 1 aromatic carbocycles. The third-order valence-electron chi connectivity index (χ3n) is 2.62. The Hall–Kier alpha value is -2.14. The Kier molecular flexibility index (Phi) is 3.05. The summed E-state index contributed by atoms with van der Waals surface area (Å²) in [6.07, 6.45) is 1.72. The maximum absolute atomic E-state index is 12.8. The van der Waals surface area contributed by atoms with E-state index in [9.17, 15) is 4.39 Å². The van der Waals surface area contributed by atoms with Crippen LogP contribution in [0.2, 0.25) is 5.02 Å². The minimum Gasteiger partial charge on any atom is -0.486 e. The largest absolute Gasteiger partial charge is 0.486 e. The lowest BCUT2D eigenvalue weighted by Gasteiger charge is -2.04. The maximum Gasteiger partial charge on any atom is 0.175 e. The summed E-state index contributed by atoms with van der Waals surface area (Å²) < 4.78 is 20.0. The van der Waals surface area contributed by atoms with Crippen molar-refractivity contribution < 1.29 is 9.13 Å². The lowest BCUT2D eigenvalue weighted by molar-refractivity contribution is 0.294. The van der Waals surface area contributed by atoms with E-state index in [-0.39, 0.29) is 12.4 Å². The molecule has 0 atom stereocenters. The second-order valence-electron chi connectivity index (χ2n) is 3.93. The van der Waals surface area contributed by atoms with Crippen molar-refractivity contribution in [2.24, 2.45) is 0 Å². The first-order valence-corrected chi connectivity index (χ1v) is 5.98. The molecule has 3 aromatic rings. The molecule has 96 valence electrons. The Morgan fingerprint density at radius 1 is 1.11 bits per heavy atom. The number of aromatic nitrogens is 3. The van der Waals surface area contributed by atoms with Gasteiger partial charge in [0, 0.05) is 6.20 Å². The van der Waals surface area contributed by atoms with E-state index >= 15 is 0 Å². The minimum atomic E-state index is -0.299. The van der Waals surface area contributed by atoms with Crippen molar-refractivity contribution in [2.75, 3.05) is 0 Å². The first-order chi connectivity index (χ1) is 9.22. The third kappa shape index (κ3) is 2.51. The summed E-state index contributed by atoms with van der Waals surface area (Å²) in [6, 6.07) is 9.33. The van der Waals surface area contributed by atoms with E-state index in [1.54, 1.807) is 34.9 Å². The number of hydrogen-bond donors (Lipinski definition) is 0. The summed E-state index contributed by atoms with van der Waals surface area (Å²) in [5.41, 5.74) is 0.696. The second-order valence-corrected chi connectivity index (χ2v) is 4.37. The number of nitrogens with zero attached hydrogens (tertiary/aromatic N) is 3. The van der Waals surface area contributed by atoms with Gasteiger partial charge in [-0.3, -0.25) is 4.40 Å². The minimum absolute atomic E-state index is 0.229. The zero-order chi connectivity index (χ0) is 13.2. The van der Waals surface area contributed by atoms with Crippen LogP contribution >= 0.6 is 11.6 Å². The van der Waals surface area contributed by atoms with Crippen molar-refractivity contribution >= 4 is 17.2 Å². The van der Waals surface area contributed by atoms with Gasteiger partial charge in [0.05, 0.1) is 5.02 Å². The van der Waals surface area contributed by atoms with Gasteiger partial charge in [-0.15, -0.1) is 10.2 Å². The average Bonchev–Trinajstić information content (AvgIpc) is 2.80. The summed E-state index contributed by atoms with van der Waals surface area (Å²) in [6.45, 7) is 0.229. The molecule has 4 nitrogen and oxygen atoms in total. The quantitative estimate of drug-likeness (QED) is 0.738. The SMILES string of the molecule is Fc1ccc(OCc2nnc3ccc(Cl)cn23)cc1. The van der Waals surface area contributed by atoms with Crippen LogP contribution in [0.5, 0.6) is 5.75 Å². The highest BCUT2D eigenvalue weighted by molar-refractivity contribution is 6.30. The van der Waals surface area contributed by atoms with Gasteiger partial charge in [-0.05, 0) is 36.4 Å². The normalized spacial score (nSPS) is 10.8. The molecular formula is C13H9ClFN3O. The van der Waals surface area contributed by atoms with Crippen molar-refractivity contribution in [1.29, 1.82) is 0 Å². The smallest absolute Gasteiger partial charge is 0.175 e. The number of pyridine rings is 1. The zero-order valence-electron chi connectivity index (χ0n) is 9.75. The molecule has 0 unspecified atom stereocenters. The molecule has 0 bridgehead atoms. The zero-order valence-corrected chi connectivity index (χ0v) is 10.5. The fourth-order valence-electron chi connectivity index (χ4n) is 1.69. The number of benzene rings is 1. The van der Waals surface area contributed by atoms with E-state index in [2.05, 4.69) is 10.2 Å². The number of halogens is 2. The molecule has 0 spiro atoms. The van der Waals surface area contributed by atoms with Crippen LogP contribution in [0.3, 0.4) is 0 Å². The van der Waals surface area contributed by atoms with Gasteiger partial charge in [0.15, 0.2) is 11.5 Å². The maximum atomic E-state index is 12.8. The van der Waals surface area contributed by atoms with Crippen LogP contribution in [-0.4, -0.2) is 14.6 Å². The number of hydrogen-bond acceptors (Lipinski definition) is 3. The lowest BCUT2D eigenvalue weighted by Crippen LogP contribution is -2.01. The number of rotatable bonds is 3. The highest BCUT2D eigenvalue weighted by Gasteiger charge is 2.06. The summed E-state index contributed by atoms with van der Waals surface area (Å²) in [7, 11) is 0. The van der Waals surface area contributed by atoms with Crippen LogP contribution < -0.4 is 4.74 Å². The molecule has 6 heteroatoms. The molecule has 0 N–H and O–H groups in total. The number of ether oxygens (including phenoxy) is 1. The second kappa shape index (κ2) is 4.85. The van der Waals surface area contributed by atoms with Crippen LogP contribution in [-0.2, 0) is 6.61 Å². The fraction of sp³-hybridized carbons (Fsp3) is 0.0769. The lowest BCUT2D eigenvalue weighted by atomic mass is 10.3. The van der Waals surface area contributed by atoms with Gasteiger partial charge in [0.25, 0.3) is 0 Å². The molecule has 0 fully saturated rings. The molecule has 0 saturated carbocycles. The highest BCUT2D eigenvalue weighted by Crippen LogP contribution is 2.15. The summed E-state index contributed by atoms with van der Waals surface area (Å²) >= 11 is 5.92. The van der Waals surface area contributed by atoms with Gasteiger partial charge in [-0.1, -0.05) is 11.6 Å². The first-order valence-electron chi connectivity index (χ1n) is 5.60. The molecular weight excluding hydrogens is 269 g/mol. The summed E-state index contributed by atoms with van der Waals surface area (Å²) in [4.78, 5) is 0. The van der Waals surface area contributed by atoms with Gasteiger partial charge in [0.1, 0.15) is 18.2 Å². The van der Waals surface area contributed by atoms with E-state index in [0.717, 1.165) is 0 Å². The fourth-order valence-corrected chi connectivity index (χ4v) is 1.85. The molecule has 0 saturated heterocycles. The Bertz CT molecular complexity index is 711. The predicted octanol–water partition coefficient (Wildman–Crippen LogP) is 3.10. The van der Waals surface area contributed by atoms with E-state index in [1.165, 1.54) is 12.1 Å². The van der Waals surface area contributed by atoms with Crippen LogP contribution in [0.15, 0.2) is 42.6 Å². The van der Waals surface area contributed by atoms with Crippen molar-refractivity contribution in [1.82, 2.24) is 14.6 Å². The van der Waals surface area contributed by atoms with Crippen LogP contribution in [0.1, 0.15) is 5.82 Å². The Morgan fingerprint density at radius 2 is 1.89 bits per heavy atom. The van der Waals surface area contributed by atoms with E-state index in [4.69, 9.17) is 16.3 Å². The van der Waals surface area contributed by atoms with Gasteiger partial charge in [-0.25, -0.2) is 4.39 Å². The Morgan fingerprint density at radius 3 is 2.68 bits per heavy atom. The molecule has 0 radical (unpaired) electrons. The van der Waals surface area contributed by atoms with Gasteiger partial charge in [-0.2, -0.15) is 0 Å². The highest BCUT2D eigenvalue weighted by atomic mass is 35.5. The van der Waals surface area contributed by atoms with Crippen LogP contribution in [0, 0.1) is 5.82 Å². The number of fused-ring (bicyclic) bond motifs is 1. The van der Waals surface area contributed by atoms with Crippen molar-refractivity contribution in [3.8, 4) is 5.75 Å². The molecule has 0 aliphatic carbocycles. The standard InChI is InChI=1S/C13H9ClFN3O/c14-9-1-6-12-16-17-13(18(12)7-9)8-19-11-4-2-10(15)3-5-11/h1-7H,8H2. The van der Waals surface area contributed by atoms with Crippen molar-refractivity contribution in [3.63, 3.8) is 0 Å². The Labute approximate surface area is 113 Å². The molecule has 19 heavy (non-hydrogen) atoms. The monoisotopic (exact) mass is 277 g/mol. The molecule has 3 rings (SSSR count). The first kappa shape index (κ1) is 11.9. The average molecular weight is 278 g/mol. The Balaban J connectivity index is 1.81. The molecule has 2 aromatic heterocycles. The van der Waals surface area contributed by atoms with E-state index in [1.807, 2.05) is 0 Å². The summed E-state index contributed by atoms with van der Waals surface area (Å²) in [5.74, 6) is 0.897. The topological polar surface area (TPSA) is 39.4 Å². The molecule has 0 aliphatic rings. The predicted molar refractivity (Wildman–Crippen MR) is 68.7 cm³/mol. The van der Waals surface area contributed by atoms with Gasteiger partial charge < -0.3 is 4.74 Å². The van der Waals surface area contributed by atoms with Crippen molar-refractivity contribution in [2.45, 2.75) is 6.61 Å². The molecule has 0 amide bonds. The van der Waals surface area contributed by atoms with E-state index < -0.39 is 0 Å². The van der Waals surface area contributed by atoms with Gasteiger partial charge in [0.2, 0.25) is 0 Å². The summed E-state index contributed by atoms with van der Waals surface area (Å²) in [5, 5.41) is 8.62.